The average Bonchev–Trinajstić information content (AvgIpc) is 2.53. The van der Waals surface area contributed by atoms with Crippen LogP contribution >= 0.6 is 23.2 Å². The van der Waals surface area contributed by atoms with E-state index in [9.17, 15) is 4.79 Å². The Morgan fingerprint density at radius 1 is 1.13 bits per heavy atom. The molecule has 0 spiro atoms. The van der Waals surface area contributed by atoms with E-state index in [0.29, 0.717) is 32.8 Å². The predicted octanol–water partition coefficient (Wildman–Crippen LogP) is 4.66. The van der Waals surface area contributed by atoms with E-state index in [4.69, 9.17) is 32.7 Å². The molecule has 1 N–H and O–H groups in total. The number of nitrogens with one attached hydrogen (secondary N) is 1. The third-order valence-electron chi connectivity index (χ3n) is 3.02. The number of hydrogen-bond donors (Lipinski definition) is 1. The number of ether oxygens (including phenoxy) is 2. The SMILES string of the molecule is COc1ccccc1NC(=O)/C=C/c1cc(Cl)cc(Cl)c1OC. The summed E-state index contributed by atoms with van der Waals surface area (Å²) >= 11 is 12.0. The molecule has 0 atom stereocenters. The summed E-state index contributed by atoms with van der Waals surface area (Å²) in [5, 5.41) is 3.58. The molecule has 4 nitrogen and oxygen atoms in total. The highest BCUT2D eigenvalue weighted by Gasteiger charge is 2.09. The van der Waals surface area contributed by atoms with Gasteiger partial charge in [-0.05, 0) is 30.3 Å². The van der Waals surface area contributed by atoms with Crippen LogP contribution in [-0.2, 0) is 4.79 Å². The molecule has 0 aliphatic heterocycles. The molecule has 0 heterocycles. The number of hydrogen-bond acceptors (Lipinski definition) is 3. The number of rotatable bonds is 5. The van der Waals surface area contributed by atoms with Gasteiger partial charge in [0.1, 0.15) is 11.5 Å². The second-order valence-corrected chi connectivity index (χ2v) is 5.38. The van der Waals surface area contributed by atoms with Crippen LogP contribution in [0.1, 0.15) is 5.56 Å². The van der Waals surface area contributed by atoms with Crippen molar-refractivity contribution in [3.63, 3.8) is 0 Å². The van der Waals surface area contributed by atoms with Crippen molar-refractivity contribution in [2.45, 2.75) is 0 Å². The molecule has 0 aliphatic rings. The van der Waals surface area contributed by atoms with E-state index in [1.54, 1.807) is 37.5 Å². The third-order valence-corrected chi connectivity index (χ3v) is 3.52. The van der Waals surface area contributed by atoms with Gasteiger partial charge < -0.3 is 14.8 Å². The van der Waals surface area contributed by atoms with Gasteiger partial charge in [-0.1, -0.05) is 35.3 Å². The Morgan fingerprint density at radius 2 is 1.87 bits per heavy atom. The molecule has 0 aromatic heterocycles. The van der Waals surface area contributed by atoms with Crippen molar-refractivity contribution in [1.82, 2.24) is 0 Å². The maximum absolute atomic E-state index is 12.1. The molecule has 23 heavy (non-hydrogen) atoms. The minimum absolute atomic E-state index is 0.312. The lowest BCUT2D eigenvalue weighted by atomic mass is 10.2. The fraction of sp³-hybridized carbons (Fsp3) is 0.118. The van der Waals surface area contributed by atoms with Gasteiger partial charge in [0.2, 0.25) is 5.91 Å². The lowest BCUT2D eigenvalue weighted by Gasteiger charge is -2.09. The first kappa shape index (κ1) is 17.2. The van der Waals surface area contributed by atoms with Crippen LogP contribution in [0, 0.1) is 0 Å². The van der Waals surface area contributed by atoms with E-state index in [2.05, 4.69) is 5.32 Å². The Balaban J connectivity index is 2.19. The van der Waals surface area contributed by atoms with Crippen LogP contribution in [0.2, 0.25) is 10.0 Å². The molecule has 6 heteroatoms. The first-order valence-corrected chi connectivity index (χ1v) is 7.46. The molecule has 0 unspecified atom stereocenters. The Kier molecular flexibility index (Phi) is 5.90. The molecule has 1 amide bonds. The summed E-state index contributed by atoms with van der Waals surface area (Å²) in [6.45, 7) is 0. The van der Waals surface area contributed by atoms with Crippen LogP contribution in [-0.4, -0.2) is 20.1 Å². The molecule has 0 bridgehead atoms. The largest absolute Gasteiger partial charge is 0.495 e. The van der Waals surface area contributed by atoms with Crippen molar-refractivity contribution >= 4 is 40.9 Å². The van der Waals surface area contributed by atoms with E-state index < -0.39 is 0 Å². The second-order valence-electron chi connectivity index (χ2n) is 4.53. The van der Waals surface area contributed by atoms with Gasteiger partial charge in [-0.15, -0.1) is 0 Å². The minimum Gasteiger partial charge on any atom is -0.495 e. The number of carbonyl (C=O) groups excluding carboxylic acids is 1. The maximum atomic E-state index is 12.1. The summed E-state index contributed by atoms with van der Waals surface area (Å²) in [4.78, 5) is 12.1. The highest BCUT2D eigenvalue weighted by molar-refractivity contribution is 6.36. The molecule has 0 aliphatic carbocycles. The molecule has 0 fully saturated rings. The molecule has 0 saturated carbocycles. The van der Waals surface area contributed by atoms with Gasteiger partial charge in [-0.25, -0.2) is 0 Å². The molecule has 120 valence electrons. The zero-order chi connectivity index (χ0) is 16.8. The van der Waals surface area contributed by atoms with Gasteiger partial charge in [0.25, 0.3) is 0 Å². The van der Waals surface area contributed by atoms with Gasteiger partial charge in [0, 0.05) is 16.7 Å². The van der Waals surface area contributed by atoms with Crippen LogP contribution in [0.25, 0.3) is 6.08 Å². The molecular formula is C17H15Cl2NO3. The molecular weight excluding hydrogens is 337 g/mol. The summed E-state index contributed by atoms with van der Waals surface area (Å²) in [6.07, 6.45) is 2.96. The number of benzene rings is 2. The van der Waals surface area contributed by atoms with Crippen molar-refractivity contribution in [1.29, 1.82) is 0 Å². The van der Waals surface area contributed by atoms with Gasteiger partial charge in [-0.2, -0.15) is 0 Å². The summed E-state index contributed by atoms with van der Waals surface area (Å²) in [6, 6.07) is 10.4. The summed E-state index contributed by atoms with van der Waals surface area (Å²) in [5.41, 5.74) is 1.20. The quantitative estimate of drug-likeness (QED) is 0.796. The van der Waals surface area contributed by atoms with E-state index in [0.717, 1.165) is 0 Å². The fourth-order valence-corrected chi connectivity index (χ4v) is 2.59. The van der Waals surface area contributed by atoms with Crippen LogP contribution in [0.4, 0.5) is 5.69 Å². The molecule has 2 aromatic carbocycles. The smallest absolute Gasteiger partial charge is 0.248 e. The number of anilines is 1. The zero-order valence-electron chi connectivity index (χ0n) is 12.6. The standard InChI is InChI=1S/C17H15Cl2NO3/c1-22-15-6-4-3-5-14(15)20-16(21)8-7-11-9-12(18)10-13(19)17(11)23-2/h3-10H,1-2H3,(H,20,21)/b8-7+. The highest BCUT2D eigenvalue weighted by atomic mass is 35.5. The van der Waals surface area contributed by atoms with Crippen LogP contribution in [0.5, 0.6) is 11.5 Å². The van der Waals surface area contributed by atoms with Crippen molar-refractivity contribution < 1.29 is 14.3 Å². The summed E-state index contributed by atoms with van der Waals surface area (Å²) in [5.74, 6) is 0.725. The van der Waals surface area contributed by atoms with Gasteiger partial charge in [0.05, 0.1) is 24.9 Å². The van der Waals surface area contributed by atoms with Crippen molar-refractivity contribution in [3.8, 4) is 11.5 Å². The first-order valence-electron chi connectivity index (χ1n) is 6.70. The highest BCUT2D eigenvalue weighted by Crippen LogP contribution is 2.33. The van der Waals surface area contributed by atoms with Crippen molar-refractivity contribution in [2.24, 2.45) is 0 Å². The second kappa shape index (κ2) is 7.90. The van der Waals surface area contributed by atoms with Crippen molar-refractivity contribution in [2.75, 3.05) is 19.5 Å². The average molecular weight is 352 g/mol. The minimum atomic E-state index is -0.312. The summed E-state index contributed by atoms with van der Waals surface area (Å²) < 4.78 is 10.4. The monoisotopic (exact) mass is 351 g/mol. The number of halogens is 2. The fourth-order valence-electron chi connectivity index (χ4n) is 2.01. The lowest BCUT2D eigenvalue weighted by Crippen LogP contribution is -2.08. The number of carbonyl (C=O) groups is 1. The summed E-state index contributed by atoms with van der Waals surface area (Å²) in [7, 11) is 3.04. The van der Waals surface area contributed by atoms with Crippen molar-refractivity contribution in [3.05, 3.63) is 58.1 Å². The third kappa shape index (κ3) is 4.41. The Morgan fingerprint density at radius 3 is 2.57 bits per heavy atom. The van der Waals surface area contributed by atoms with Gasteiger partial charge in [0.15, 0.2) is 0 Å². The van der Waals surface area contributed by atoms with E-state index >= 15 is 0 Å². The van der Waals surface area contributed by atoms with E-state index in [-0.39, 0.29) is 5.91 Å². The normalized spacial score (nSPS) is 10.6. The number of methoxy groups -OCH3 is 2. The lowest BCUT2D eigenvalue weighted by molar-refractivity contribution is -0.111. The van der Waals surface area contributed by atoms with Crippen LogP contribution in [0.3, 0.4) is 0 Å². The van der Waals surface area contributed by atoms with Gasteiger partial charge in [-0.3, -0.25) is 4.79 Å². The molecule has 0 radical (unpaired) electrons. The molecule has 2 rings (SSSR count). The topological polar surface area (TPSA) is 47.6 Å². The van der Waals surface area contributed by atoms with Crippen LogP contribution in [0.15, 0.2) is 42.5 Å². The Hall–Kier alpha value is -2.17. The number of para-hydroxylation sites is 2. The van der Waals surface area contributed by atoms with Crippen LogP contribution < -0.4 is 14.8 Å². The molecule has 2 aromatic rings. The van der Waals surface area contributed by atoms with E-state index in [1.165, 1.54) is 13.2 Å². The zero-order valence-corrected chi connectivity index (χ0v) is 14.1. The van der Waals surface area contributed by atoms with E-state index in [1.807, 2.05) is 12.1 Å². The maximum Gasteiger partial charge on any atom is 0.248 e. The Bertz CT molecular complexity index is 745. The van der Waals surface area contributed by atoms with Gasteiger partial charge >= 0.3 is 0 Å². The Labute approximate surface area is 144 Å². The molecule has 0 saturated heterocycles. The predicted molar refractivity (Wildman–Crippen MR) is 93.7 cm³/mol. The number of amides is 1. The first-order chi connectivity index (χ1) is 11.0.